The highest BCUT2D eigenvalue weighted by Gasteiger charge is 2.32. The Hall–Kier alpha value is -3.93. The maximum atomic E-state index is 13.4. The molecule has 2 aromatic rings. The second kappa shape index (κ2) is 13.4. The number of carboxylic acids is 1. The van der Waals surface area contributed by atoms with Gasteiger partial charge in [0.25, 0.3) is 0 Å². The Morgan fingerprint density at radius 3 is 2.30 bits per heavy atom. The van der Waals surface area contributed by atoms with Gasteiger partial charge >= 0.3 is 5.97 Å². The number of carboxylic acid groups (broad SMARTS) is 1. The lowest BCUT2D eigenvalue weighted by molar-refractivity contribution is -0.142. The molecule has 1 aromatic carbocycles. The summed E-state index contributed by atoms with van der Waals surface area (Å²) in [5, 5.41) is 17.7. The summed E-state index contributed by atoms with van der Waals surface area (Å²) in [5.41, 5.74) is 12.6. The van der Waals surface area contributed by atoms with Crippen molar-refractivity contribution in [3.05, 3.63) is 36.0 Å². The van der Waals surface area contributed by atoms with Gasteiger partial charge < -0.3 is 37.5 Å². The summed E-state index contributed by atoms with van der Waals surface area (Å²) in [5.74, 6) is -4.07. The van der Waals surface area contributed by atoms with Crippen molar-refractivity contribution < 1.29 is 29.1 Å². The number of nitrogens with two attached hydrogens (primary N) is 2. The van der Waals surface area contributed by atoms with Gasteiger partial charge in [-0.2, -0.15) is 0 Å². The summed E-state index contributed by atoms with van der Waals surface area (Å²) >= 11 is 0. The van der Waals surface area contributed by atoms with Gasteiger partial charge in [-0.15, -0.1) is 0 Å². The summed E-state index contributed by atoms with van der Waals surface area (Å²) in [7, 11) is 0. The Kier molecular flexibility index (Phi) is 10.6. The van der Waals surface area contributed by atoms with E-state index in [1.807, 2.05) is 31.2 Å². The second-order valence-electron chi connectivity index (χ2n) is 9.18. The number of para-hydroxylation sites is 1. The number of aromatic nitrogens is 1. The maximum absolute atomic E-state index is 13.4. The van der Waals surface area contributed by atoms with Gasteiger partial charge in [0.1, 0.15) is 18.1 Å². The molecule has 202 valence electrons. The van der Waals surface area contributed by atoms with Crippen LogP contribution in [-0.2, 0) is 30.4 Å². The number of fused-ring (bicyclic) bond motifs is 1. The van der Waals surface area contributed by atoms with Gasteiger partial charge in [0.15, 0.2) is 0 Å². The zero-order valence-corrected chi connectivity index (χ0v) is 21.2. The molecule has 0 aliphatic carbocycles. The van der Waals surface area contributed by atoms with E-state index >= 15 is 0 Å². The Bertz CT molecular complexity index is 1130. The molecule has 0 aliphatic heterocycles. The third-order valence-electron chi connectivity index (χ3n) is 6.29. The van der Waals surface area contributed by atoms with E-state index in [-0.39, 0.29) is 25.2 Å². The number of hydrogen-bond donors (Lipinski definition) is 7. The zero-order valence-electron chi connectivity index (χ0n) is 21.2. The quantitative estimate of drug-likeness (QED) is 0.181. The third kappa shape index (κ3) is 8.31. The lowest BCUT2D eigenvalue weighted by Gasteiger charge is -2.27. The molecule has 0 spiro atoms. The fourth-order valence-corrected chi connectivity index (χ4v) is 3.76. The van der Waals surface area contributed by atoms with Gasteiger partial charge in [-0.25, -0.2) is 0 Å². The fourth-order valence-electron chi connectivity index (χ4n) is 3.76. The van der Waals surface area contributed by atoms with Crippen LogP contribution in [0.3, 0.4) is 0 Å². The van der Waals surface area contributed by atoms with Crippen LogP contribution in [0.1, 0.15) is 45.6 Å². The van der Waals surface area contributed by atoms with Crippen LogP contribution >= 0.6 is 0 Å². The van der Waals surface area contributed by atoms with Crippen molar-refractivity contribution in [2.45, 2.75) is 70.6 Å². The van der Waals surface area contributed by atoms with Crippen LogP contribution in [0.5, 0.6) is 0 Å². The number of carbonyl (C=O) groups is 5. The van der Waals surface area contributed by atoms with Crippen molar-refractivity contribution in [3.8, 4) is 0 Å². The maximum Gasteiger partial charge on any atom is 0.325 e. The summed E-state index contributed by atoms with van der Waals surface area (Å²) in [6.07, 6.45) is 2.26. The monoisotopic (exact) mass is 516 g/mol. The minimum atomic E-state index is -1.21. The van der Waals surface area contributed by atoms with Crippen LogP contribution in [0.15, 0.2) is 30.5 Å². The van der Waals surface area contributed by atoms with Gasteiger partial charge in [0.2, 0.25) is 23.6 Å². The number of hydrogen-bond acceptors (Lipinski definition) is 6. The molecule has 0 aliphatic rings. The highest BCUT2D eigenvalue weighted by Crippen LogP contribution is 2.19. The summed E-state index contributed by atoms with van der Waals surface area (Å²) < 4.78 is 0. The van der Waals surface area contributed by atoms with E-state index in [9.17, 15) is 24.0 Å². The Morgan fingerprint density at radius 2 is 1.68 bits per heavy atom. The number of benzene rings is 1. The molecule has 1 aromatic heterocycles. The molecule has 0 saturated heterocycles. The minimum absolute atomic E-state index is 0.00751. The molecule has 0 radical (unpaired) electrons. The van der Waals surface area contributed by atoms with Crippen molar-refractivity contribution in [2.75, 3.05) is 0 Å². The van der Waals surface area contributed by atoms with E-state index in [0.717, 1.165) is 16.5 Å². The molecule has 9 N–H and O–H groups in total. The summed E-state index contributed by atoms with van der Waals surface area (Å²) in [6.45, 7) is 4.91. The Labute approximate surface area is 214 Å². The first-order valence-electron chi connectivity index (χ1n) is 12.2. The molecule has 4 amide bonds. The molecule has 12 heteroatoms. The van der Waals surface area contributed by atoms with E-state index in [1.54, 1.807) is 13.1 Å². The first kappa shape index (κ1) is 29.3. The number of aromatic amines is 1. The Morgan fingerprint density at radius 1 is 1.00 bits per heavy atom. The van der Waals surface area contributed by atoms with Gasteiger partial charge in [0.05, 0.1) is 6.04 Å². The lowest BCUT2D eigenvalue weighted by atomic mass is 9.96. The number of carbonyl (C=O) groups excluding carboxylic acids is 4. The predicted octanol–water partition coefficient (Wildman–Crippen LogP) is -0.0918. The standard InChI is InChI=1S/C25H36N6O6/c1-4-13(2)21(24(35)29-14(3)25(36)37)31-23(34)19(30-22(33)17(26)9-10-20(27)32)11-15-12-28-18-8-6-5-7-16(15)18/h5-8,12-14,17,19,21,28H,4,9-11,26H2,1-3H3,(H2,27,32)(H,29,35)(H,30,33)(H,31,34)(H,36,37). The van der Waals surface area contributed by atoms with Gasteiger partial charge in [-0.1, -0.05) is 38.5 Å². The number of nitrogens with one attached hydrogen (secondary N) is 4. The molecule has 37 heavy (non-hydrogen) atoms. The molecule has 0 fully saturated rings. The predicted molar refractivity (Wildman–Crippen MR) is 137 cm³/mol. The number of primary amides is 1. The second-order valence-corrected chi connectivity index (χ2v) is 9.18. The number of H-pyrrole nitrogens is 1. The van der Waals surface area contributed by atoms with Crippen LogP contribution in [-0.4, -0.2) is 63.9 Å². The van der Waals surface area contributed by atoms with Crippen LogP contribution < -0.4 is 27.4 Å². The first-order chi connectivity index (χ1) is 17.4. The minimum Gasteiger partial charge on any atom is -0.480 e. The fraction of sp³-hybridized carbons (Fsp3) is 0.480. The lowest BCUT2D eigenvalue weighted by Crippen LogP contribution is -2.58. The summed E-state index contributed by atoms with van der Waals surface area (Å²) in [4.78, 5) is 64.5. The van der Waals surface area contributed by atoms with Gasteiger partial charge in [-0.05, 0) is 30.9 Å². The van der Waals surface area contributed by atoms with Gasteiger partial charge in [0, 0.05) is 29.9 Å². The van der Waals surface area contributed by atoms with Crippen LogP contribution in [0.25, 0.3) is 10.9 Å². The molecule has 1 heterocycles. The Balaban J connectivity index is 2.29. The van der Waals surface area contributed by atoms with Gasteiger partial charge in [-0.3, -0.25) is 24.0 Å². The number of aliphatic carboxylic acids is 1. The van der Waals surface area contributed by atoms with Crippen LogP contribution in [0.4, 0.5) is 0 Å². The molecule has 2 rings (SSSR count). The number of rotatable bonds is 14. The zero-order chi connectivity index (χ0) is 27.7. The van der Waals surface area contributed by atoms with E-state index < -0.39 is 53.8 Å². The molecule has 0 saturated carbocycles. The van der Waals surface area contributed by atoms with E-state index in [1.165, 1.54) is 6.92 Å². The van der Waals surface area contributed by atoms with Crippen molar-refractivity contribution >= 4 is 40.5 Å². The van der Waals surface area contributed by atoms with Crippen molar-refractivity contribution in [3.63, 3.8) is 0 Å². The molecule has 5 atom stereocenters. The molecular formula is C25H36N6O6. The smallest absolute Gasteiger partial charge is 0.325 e. The van der Waals surface area contributed by atoms with E-state index in [2.05, 4.69) is 20.9 Å². The topological polar surface area (TPSA) is 209 Å². The largest absolute Gasteiger partial charge is 0.480 e. The van der Waals surface area contributed by atoms with E-state index in [0.29, 0.717) is 6.42 Å². The average molecular weight is 517 g/mol. The van der Waals surface area contributed by atoms with Crippen LogP contribution in [0, 0.1) is 5.92 Å². The third-order valence-corrected chi connectivity index (χ3v) is 6.29. The normalized spacial score (nSPS) is 15.1. The highest BCUT2D eigenvalue weighted by molar-refractivity contribution is 5.95. The molecule has 12 nitrogen and oxygen atoms in total. The number of amides is 4. The van der Waals surface area contributed by atoms with E-state index in [4.69, 9.17) is 16.6 Å². The molecular weight excluding hydrogens is 480 g/mol. The first-order valence-corrected chi connectivity index (χ1v) is 12.2. The van der Waals surface area contributed by atoms with Crippen molar-refractivity contribution in [2.24, 2.45) is 17.4 Å². The van der Waals surface area contributed by atoms with Crippen LogP contribution in [0.2, 0.25) is 0 Å². The molecule has 5 unspecified atom stereocenters. The average Bonchev–Trinajstić information content (AvgIpc) is 3.27. The SMILES string of the molecule is CCC(C)C(NC(=O)C(Cc1c[nH]c2ccccc12)NC(=O)C(N)CCC(N)=O)C(=O)NC(C)C(=O)O. The molecule has 0 bridgehead atoms. The summed E-state index contributed by atoms with van der Waals surface area (Å²) in [6, 6.07) is 3.09. The van der Waals surface area contributed by atoms with Crippen molar-refractivity contribution in [1.82, 2.24) is 20.9 Å². The highest BCUT2D eigenvalue weighted by atomic mass is 16.4. The van der Waals surface area contributed by atoms with Crippen molar-refractivity contribution in [1.29, 1.82) is 0 Å².